The van der Waals surface area contributed by atoms with Gasteiger partial charge in [-0.15, -0.1) is 0 Å². The van der Waals surface area contributed by atoms with Crippen molar-refractivity contribution < 1.29 is 28.2 Å². The Morgan fingerprint density at radius 2 is 1.87 bits per heavy atom. The second kappa shape index (κ2) is 10.7. The van der Waals surface area contributed by atoms with Gasteiger partial charge in [-0.25, -0.2) is 0 Å². The highest BCUT2D eigenvalue weighted by Crippen LogP contribution is 2.33. The standard InChI is InChI=1S/C21H24Cl2N2O6/c1-14-3-5-16(31-14)11-25(10-15-4-6-17-18(9-15)30-13-29-17)19(26)12-24(7-8-28-2)21(27)20(22)23/h3-6,9,20H,7-8,10-13H2,1-2H3. The molecule has 3 rings (SSSR count). The first kappa shape index (κ1) is 23.2. The molecule has 0 saturated heterocycles. The number of hydrogen-bond donors (Lipinski definition) is 0. The Kier molecular flexibility index (Phi) is 8.06. The van der Waals surface area contributed by atoms with Gasteiger partial charge in [0.15, 0.2) is 16.3 Å². The summed E-state index contributed by atoms with van der Waals surface area (Å²) >= 11 is 11.5. The molecule has 0 aliphatic carbocycles. The molecule has 0 radical (unpaired) electrons. The Labute approximate surface area is 190 Å². The van der Waals surface area contributed by atoms with Crippen LogP contribution in [0.5, 0.6) is 11.5 Å². The third-order valence-electron chi connectivity index (χ3n) is 4.70. The minimum absolute atomic E-state index is 0.168. The molecule has 1 aliphatic rings. The molecule has 2 amide bonds. The Balaban J connectivity index is 1.78. The van der Waals surface area contributed by atoms with Crippen LogP contribution in [-0.2, 0) is 27.4 Å². The first-order valence-electron chi connectivity index (χ1n) is 9.65. The number of furan rings is 1. The van der Waals surface area contributed by atoms with Crippen LogP contribution in [0, 0.1) is 6.92 Å². The molecule has 0 atom stereocenters. The quantitative estimate of drug-likeness (QED) is 0.496. The SMILES string of the molecule is COCCN(CC(=O)N(Cc1ccc2c(c1)OCO2)Cc1ccc(C)o1)C(=O)C(Cl)Cl. The van der Waals surface area contributed by atoms with Crippen LogP contribution < -0.4 is 9.47 Å². The zero-order chi connectivity index (χ0) is 22.4. The lowest BCUT2D eigenvalue weighted by Gasteiger charge is -2.27. The number of nitrogens with zero attached hydrogens (tertiary/aromatic N) is 2. The van der Waals surface area contributed by atoms with E-state index in [1.54, 1.807) is 11.0 Å². The summed E-state index contributed by atoms with van der Waals surface area (Å²) < 4.78 is 21.5. The van der Waals surface area contributed by atoms with Gasteiger partial charge in [-0.3, -0.25) is 9.59 Å². The van der Waals surface area contributed by atoms with Gasteiger partial charge in [0, 0.05) is 20.2 Å². The van der Waals surface area contributed by atoms with E-state index in [2.05, 4.69) is 0 Å². The van der Waals surface area contributed by atoms with Crippen molar-refractivity contribution in [1.29, 1.82) is 0 Å². The predicted octanol–water partition coefficient (Wildman–Crippen LogP) is 3.12. The topological polar surface area (TPSA) is 81.5 Å². The normalized spacial score (nSPS) is 12.3. The summed E-state index contributed by atoms with van der Waals surface area (Å²) in [4.78, 5) is 27.2. The van der Waals surface area contributed by atoms with Crippen LogP contribution >= 0.6 is 23.2 Å². The minimum atomic E-state index is -1.26. The summed E-state index contributed by atoms with van der Waals surface area (Å²) in [6.07, 6.45) is 0. The second-order valence-corrected chi connectivity index (χ2v) is 8.10. The maximum atomic E-state index is 13.2. The van der Waals surface area contributed by atoms with Crippen LogP contribution in [0.15, 0.2) is 34.7 Å². The van der Waals surface area contributed by atoms with Crippen LogP contribution in [0.2, 0.25) is 0 Å². The van der Waals surface area contributed by atoms with Crippen molar-refractivity contribution in [3.8, 4) is 11.5 Å². The summed E-state index contributed by atoms with van der Waals surface area (Å²) in [6.45, 7) is 2.77. The highest BCUT2D eigenvalue weighted by Gasteiger charge is 2.26. The fourth-order valence-electron chi connectivity index (χ4n) is 3.12. The van der Waals surface area contributed by atoms with Crippen molar-refractivity contribution in [2.24, 2.45) is 0 Å². The van der Waals surface area contributed by atoms with Gasteiger partial charge in [0.25, 0.3) is 5.91 Å². The number of benzene rings is 1. The number of halogens is 2. The molecule has 10 heteroatoms. The molecule has 1 aliphatic heterocycles. The van der Waals surface area contributed by atoms with E-state index in [1.807, 2.05) is 31.2 Å². The van der Waals surface area contributed by atoms with Crippen molar-refractivity contribution in [2.75, 3.05) is 33.6 Å². The Bertz CT molecular complexity index is 917. The molecule has 168 valence electrons. The van der Waals surface area contributed by atoms with E-state index in [0.29, 0.717) is 17.3 Å². The monoisotopic (exact) mass is 470 g/mol. The number of rotatable bonds is 10. The minimum Gasteiger partial charge on any atom is -0.464 e. The average Bonchev–Trinajstić information content (AvgIpc) is 3.37. The van der Waals surface area contributed by atoms with E-state index in [1.165, 1.54) is 12.0 Å². The van der Waals surface area contributed by atoms with Gasteiger partial charge >= 0.3 is 0 Å². The largest absolute Gasteiger partial charge is 0.464 e. The number of alkyl halides is 2. The molecule has 0 N–H and O–H groups in total. The fourth-order valence-corrected chi connectivity index (χ4v) is 3.40. The van der Waals surface area contributed by atoms with Crippen LogP contribution in [0.25, 0.3) is 0 Å². The van der Waals surface area contributed by atoms with Crippen molar-refractivity contribution in [3.63, 3.8) is 0 Å². The van der Waals surface area contributed by atoms with Gasteiger partial charge in [-0.1, -0.05) is 29.3 Å². The molecule has 2 heterocycles. The van der Waals surface area contributed by atoms with E-state index in [9.17, 15) is 9.59 Å². The Morgan fingerprint density at radius 1 is 1.10 bits per heavy atom. The molecular weight excluding hydrogens is 447 g/mol. The van der Waals surface area contributed by atoms with Crippen molar-refractivity contribution in [3.05, 3.63) is 47.4 Å². The molecule has 0 unspecified atom stereocenters. The lowest BCUT2D eigenvalue weighted by Crippen LogP contribution is -2.45. The number of hydrogen-bond acceptors (Lipinski definition) is 6. The Hall–Kier alpha value is -2.42. The maximum Gasteiger partial charge on any atom is 0.256 e. The van der Waals surface area contributed by atoms with Crippen LogP contribution in [0.3, 0.4) is 0 Å². The molecule has 2 aromatic rings. The van der Waals surface area contributed by atoms with Crippen molar-refractivity contribution >= 4 is 35.0 Å². The zero-order valence-corrected chi connectivity index (χ0v) is 18.8. The van der Waals surface area contributed by atoms with E-state index in [-0.39, 0.29) is 45.5 Å². The predicted molar refractivity (Wildman–Crippen MR) is 114 cm³/mol. The highest BCUT2D eigenvalue weighted by molar-refractivity contribution is 6.53. The maximum absolute atomic E-state index is 13.2. The first-order chi connectivity index (χ1) is 14.9. The van der Waals surface area contributed by atoms with Crippen LogP contribution in [0.4, 0.5) is 0 Å². The summed E-state index contributed by atoms with van der Waals surface area (Å²) in [5, 5.41) is 0. The molecule has 31 heavy (non-hydrogen) atoms. The van der Waals surface area contributed by atoms with Gasteiger partial charge in [-0.2, -0.15) is 0 Å². The molecule has 1 aromatic heterocycles. The molecule has 0 bridgehead atoms. The van der Waals surface area contributed by atoms with E-state index >= 15 is 0 Å². The third-order valence-corrected chi connectivity index (χ3v) is 5.07. The molecular formula is C21H24Cl2N2O6. The van der Waals surface area contributed by atoms with E-state index in [4.69, 9.17) is 41.8 Å². The number of methoxy groups -OCH3 is 1. The van der Waals surface area contributed by atoms with Crippen LogP contribution in [0.1, 0.15) is 17.1 Å². The number of aryl methyl sites for hydroxylation is 1. The molecule has 0 spiro atoms. The van der Waals surface area contributed by atoms with E-state index in [0.717, 1.165) is 11.3 Å². The highest BCUT2D eigenvalue weighted by atomic mass is 35.5. The number of ether oxygens (including phenoxy) is 3. The fraction of sp³-hybridized carbons (Fsp3) is 0.429. The first-order valence-corrected chi connectivity index (χ1v) is 10.5. The van der Waals surface area contributed by atoms with Gasteiger partial charge in [0.05, 0.1) is 19.7 Å². The molecule has 0 fully saturated rings. The third kappa shape index (κ3) is 6.29. The summed E-state index contributed by atoms with van der Waals surface area (Å²) in [7, 11) is 1.51. The van der Waals surface area contributed by atoms with Crippen LogP contribution in [-0.4, -0.2) is 60.0 Å². The number of carbonyl (C=O) groups excluding carboxylic acids is 2. The number of fused-ring (bicyclic) bond motifs is 1. The van der Waals surface area contributed by atoms with Crippen molar-refractivity contribution in [1.82, 2.24) is 9.80 Å². The lowest BCUT2D eigenvalue weighted by molar-refractivity contribution is -0.141. The molecule has 0 saturated carbocycles. The summed E-state index contributed by atoms with van der Waals surface area (Å²) in [5.41, 5.74) is 0.850. The zero-order valence-electron chi connectivity index (χ0n) is 17.3. The number of amides is 2. The number of carbonyl (C=O) groups is 2. The van der Waals surface area contributed by atoms with Gasteiger partial charge < -0.3 is 28.4 Å². The second-order valence-electron chi connectivity index (χ2n) is 7.00. The summed E-state index contributed by atoms with van der Waals surface area (Å²) in [5.74, 6) is 1.83. The molecule has 1 aromatic carbocycles. The van der Waals surface area contributed by atoms with Gasteiger partial charge in [-0.05, 0) is 36.8 Å². The van der Waals surface area contributed by atoms with Crippen molar-refractivity contribution in [2.45, 2.75) is 24.8 Å². The molecule has 8 nitrogen and oxygen atoms in total. The average molecular weight is 471 g/mol. The summed E-state index contributed by atoms with van der Waals surface area (Å²) in [6, 6.07) is 9.15. The van der Waals surface area contributed by atoms with Gasteiger partial charge in [0.1, 0.15) is 11.5 Å². The Morgan fingerprint density at radius 3 is 2.55 bits per heavy atom. The smallest absolute Gasteiger partial charge is 0.256 e. The van der Waals surface area contributed by atoms with Gasteiger partial charge in [0.2, 0.25) is 12.7 Å². The van der Waals surface area contributed by atoms with E-state index < -0.39 is 10.7 Å². The lowest BCUT2D eigenvalue weighted by atomic mass is 10.2.